The van der Waals surface area contributed by atoms with Gasteiger partial charge in [0.1, 0.15) is 15.9 Å². The number of nitrogens with one attached hydrogen (secondary N) is 2. The van der Waals surface area contributed by atoms with Gasteiger partial charge in [-0.25, -0.2) is 14.8 Å². The highest BCUT2D eigenvalue weighted by molar-refractivity contribution is 7.21. The minimum Gasteiger partial charge on any atom is -0.444 e. The summed E-state index contributed by atoms with van der Waals surface area (Å²) in [5.41, 5.74) is 0.454. The number of thiazole rings is 1. The molecule has 6 nitrogen and oxygen atoms in total. The zero-order valence-corrected chi connectivity index (χ0v) is 14.4. The Morgan fingerprint density at radius 2 is 2.13 bits per heavy atom. The zero-order chi connectivity index (χ0) is 16.4. The van der Waals surface area contributed by atoms with Gasteiger partial charge < -0.3 is 15.4 Å². The Morgan fingerprint density at radius 3 is 2.87 bits per heavy atom. The fourth-order valence-electron chi connectivity index (χ4n) is 2.72. The third-order valence-electron chi connectivity index (χ3n) is 3.65. The number of carbonyl (C=O) groups is 1. The largest absolute Gasteiger partial charge is 0.444 e. The predicted molar refractivity (Wildman–Crippen MR) is 91.8 cm³/mol. The van der Waals surface area contributed by atoms with Crippen LogP contribution in [0.1, 0.15) is 40.0 Å². The third-order valence-corrected chi connectivity index (χ3v) is 4.56. The van der Waals surface area contributed by atoms with Gasteiger partial charge in [0.05, 0.1) is 0 Å². The number of amides is 1. The first-order valence-corrected chi connectivity index (χ1v) is 8.68. The van der Waals surface area contributed by atoms with Gasteiger partial charge in [-0.1, -0.05) is 11.3 Å². The van der Waals surface area contributed by atoms with Crippen molar-refractivity contribution in [2.45, 2.75) is 57.7 Å². The molecule has 2 aromatic heterocycles. The zero-order valence-electron chi connectivity index (χ0n) is 13.6. The first-order chi connectivity index (χ1) is 10.9. The number of rotatable bonds is 3. The second kappa shape index (κ2) is 6.31. The summed E-state index contributed by atoms with van der Waals surface area (Å²) in [6.45, 7) is 5.60. The van der Waals surface area contributed by atoms with Crippen molar-refractivity contribution < 1.29 is 9.53 Å². The number of fused-ring (bicyclic) bond motifs is 1. The van der Waals surface area contributed by atoms with Gasteiger partial charge >= 0.3 is 6.09 Å². The maximum Gasteiger partial charge on any atom is 0.407 e. The highest BCUT2D eigenvalue weighted by atomic mass is 32.1. The Labute approximate surface area is 139 Å². The van der Waals surface area contributed by atoms with Crippen LogP contribution in [0.3, 0.4) is 0 Å². The van der Waals surface area contributed by atoms with Crippen LogP contribution in [0, 0.1) is 0 Å². The molecule has 2 aromatic rings. The molecule has 0 unspecified atom stereocenters. The summed E-state index contributed by atoms with van der Waals surface area (Å²) in [5, 5.41) is 7.29. The minimum atomic E-state index is -0.464. The molecular weight excluding hydrogens is 312 g/mol. The highest BCUT2D eigenvalue weighted by Crippen LogP contribution is 2.28. The molecule has 1 aliphatic carbocycles. The molecule has 0 saturated heterocycles. The van der Waals surface area contributed by atoms with E-state index in [2.05, 4.69) is 20.6 Å². The molecule has 0 aromatic carbocycles. The van der Waals surface area contributed by atoms with Crippen molar-refractivity contribution >= 4 is 32.9 Å². The maximum atomic E-state index is 11.8. The number of anilines is 1. The van der Waals surface area contributed by atoms with Gasteiger partial charge in [0.15, 0.2) is 5.13 Å². The van der Waals surface area contributed by atoms with Gasteiger partial charge in [0.2, 0.25) is 0 Å². The molecule has 7 heteroatoms. The molecule has 0 bridgehead atoms. The summed E-state index contributed by atoms with van der Waals surface area (Å²) in [7, 11) is 0. The van der Waals surface area contributed by atoms with Crippen molar-refractivity contribution in [2.24, 2.45) is 0 Å². The van der Waals surface area contributed by atoms with Crippen molar-refractivity contribution in [1.29, 1.82) is 0 Å². The lowest BCUT2D eigenvalue weighted by molar-refractivity contribution is 0.0505. The fourth-order valence-corrected chi connectivity index (χ4v) is 3.61. The average Bonchev–Trinajstić information content (AvgIpc) is 3.02. The molecule has 1 aliphatic rings. The van der Waals surface area contributed by atoms with Crippen LogP contribution in [0.25, 0.3) is 10.3 Å². The SMILES string of the molecule is CC(C)(C)OC(=O)N[C@H]1CC[C@H](Nc2nc3cccnc3s2)C1. The number of ether oxygens (including phenoxy) is 1. The van der Waals surface area contributed by atoms with Gasteiger partial charge in [-0.15, -0.1) is 0 Å². The molecule has 0 radical (unpaired) electrons. The molecule has 0 spiro atoms. The van der Waals surface area contributed by atoms with Crippen LogP contribution in [0.15, 0.2) is 18.3 Å². The van der Waals surface area contributed by atoms with Crippen molar-refractivity contribution in [3.8, 4) is 0 Å². The topological polar surface area (TPSA) is 76.1 Å². The number of hydrogen-bond donors (Lipinski definition) is 2. The second-order valence-corrected chi connectivity index (χ2v) is 7.82. The van der Waals surface area contributed by atoms with Crippen molar-refractivity contribution in [3.05, 3.63) is 18.3 Å². The maximum absolute atomic E-state index is 11.8. The van der Waals surface area contributed by atoms with Crippen molar-refractivity contribution in [2.75, 3.05) is 5.32 Å². The Kier molecular flexibility index (Phi) is 4.39. The third kappa shape index (κ3) is 4.31. The Morgan fingerprint density at radius 1 is 1.35 bits per heavy atom. The second-order valence-electron chi connectivity index (χ2n) is 6.84. The normalized spacial score (nSPS) is 21.3. The average molecular weight is 334 g/mol. The lowest BCUT2D eigenvalue weighted by Gasteiger charge is -2.21. The smallest absolute Gasteiger partial charge is 0.407 e. The summed E-state index contributed by atoms with van der Waals surface area (Å²) in [6, 6.07) is 4.32. The first kappa shape index (κ1) is 16.0. The molecule has 124 valence electrons. The van der Waals surface area contributed by atoms with Gasteiger partial charge in [0, 0.05) is 18.3 Å². The molecule has 1 saturated carbocycles. The lowest BCUT2D eigenvalue weighted by Crippen LogP contribution is -2.38. The number of pyridine rings is 1. The summed E-state index contributed by atoms with van der Waals surface area (Å²) in [4.78, 5) is 21.6. The number of aromatic nitrogens is 2. The van der Waals surface area contributed by atoms with Gasteiger partial charge in [-0.3, -0.25) is 0 Å². The van der Waals surface area contributed by atoms with E-state index in [1.54, 1.807) is 17.5 Å². The van der Waals surface area contributed by atoms with Crippen LogP contribution in [0.4, 0.5) is 9.93 Å². The van der Waals surface area contributed by atoms with Crippen LogP contribution in [0.2, 0.25) is 0 Å². The number of carbonyl (C=O) groups excluding carboxylic acids is 1. The summed E-state index contributed by atoms with van der Waals surface area (Å²) in [5.74, 6) is 0. The molecule has 2 heterocycles. The van der Waals surface area contributed by atoms with Crippen LogP contribution >= 0.6 is 11.3 Å². The number of hydrogen-bond acceptors (Lipinski definition) is 6. The summed E-state index contributed by atoms with van der Waals surface area (Å²) < 4.78 is 5.30. The molecular formula is C16H22N4O2S. The Balaban J connectivity index is 1.52. The molecule has 1 amide bonds. The van der Waals surface area contributed by atoms with Gasteiger partial charge in [0.25, 0.3) is 0 Å². The first-order valence-electron chi connectivity index (χ1n) is 7.87. The van der Waals surface area contributed by atoms with Crippen molar-refractivity contribution in [3.63, 3.8) is 0 Å². The van der Waals surface area contributed by atoms with Crippen LogP contribution in [-0.2, 0) is 4.74 Å². The Bertz CT molecular complexity index is 662. The van der Waals surface area contributed by atoms with Crippen LogP contribution in [-0.4, -0.2) is 33.7 Å². The molecule has 0 aliphatic heterocycles. The number of alkyl carbamates (subject to hydrolysis) is 1. The molecule has 2 atom stereocenters. The van der Waals surface area contributed by atoms with E-state index in [0.29, 0.717) is 6.04 Å². The summed E-state index contributed by atoms with van der Waals surface area (Å²) >= 11 is 1.56. The van der Waals surface area contributed by atoms with Gasteiger partial charge in [-0.2, -0.15) is 0 Å². The lowest BCUT2D eigenvalue weighted by atomic mass is 10.2. The standard InChI is InChI=1S/C16H22N4O2S/c1-16(2,3)22-15(21)19-11-7-6-10(9-11)18-14-20-12-5-4-8-17-13(12)23-14/h4-5,8,10-11H,6-7,9H2,1-3H3,(H,18,20)(H,19,21)/t10-,11-/m0/s1. The van der Waals surface area contributed by atoms with E-state index in [0.717, 1.165) is 34.7 Å². The summed E-state index contributed by atoms with van der Waals surface area (Å²) in [6.07, 6.45) is 4.26. The van der Waals surface area contributed by atoms with Gasteiger partial charge in [-0.05, 0) is 52.2 Å². The monoisotopic (exact) mass is 334 g/mol. The Hall–Kier alpha value is -1.89. The van der Waals surface area contributed by atoms with Crippen LogP contribution < -0.4 is 10.6 Å². The van der Waals surface area contributed by atoms with E-state index in [1.165, 1.54) is 0 Å². The fraction of sp³-hybridized carbons (Fsp3) is 0.562. The van der Waals surface area contributed by atoms with E-state index in [1.807, 2.05) is 32.9 Å². The molecule has 3 rings (SSSR count). The molecule has 1 fully saturated rings. The van der Waals surface area contributed by atoms with E-state index in [-0.39, 0.29) is 12.1 Å². The number of nitrogens with zero attached hydrogens (tertiary/aromatic N) is 2. The van der Waals surface area contributed by atoms with E-state index >= 15 is 0 Å². The molecule has 23 heavy (non-hydrogen) atoms. The van der Waals surface area contributed by atoms with Crippen molar-refractivity contribution in [1.82, 2.24) is 15.3 Å². The van der Waals surface area contributed by atoms with E-state index in [9.17, 15) is 4.79 Å². The van der Waals surface area contributed by atoms with Crippen LogP contribution in [0.5, 0.6) is 0 Å². The minimum absolute atomic E-state index is 0.148. The quantitative estimate of drug-likeness (QED) is 0.898. The molecule has 2 N–H and O–H groups in total. The predicted octanol–water partition coefficient (Wildman–Crippen LogP) is 3.55. The van der Waals surface area contributed by atoms with E-state index < -0.39 is 5.60 Å². The highest BCUT2D eigenvalue weighted by Gasteiger charge is 2.28. The van der Waals surface area contributed by atoms with E-state index in [4.69, 9.17) is 4.74 Å².